The van der Waals surface area contributed by atoms with Gasteiger partial charge in [0.25, 0.3) is 0 Å². The molecule has 0 heterocycles. The Morgan fingerprint density at radius 1 is 0.244 bits per heavy atom. The maximum absolute atomic E-state index is 14.5. The van der Waals surface area contributed by atoms with Gasteiger partial charge in [-0.2, -0.15) is 0 Å². The summed E-state index contributed by atoms with van der Waals surface area (Å²) in [5.41, 5.74) is 0. The highest BCUT2D eigenvalue weighted by Gasteiger charge is 2.42. The highest BCUT2D eigenvalue weighted by atomic mass is 16.6. The molecule has 1 saturated carbocycles. The van der Waals surface area contributed by atoms with E-state index in [1.54, 1.807) is 0 Å². The molecular formula is C81H159N3O6. The molecule has 0 N–H and O–H groups in total. The van der Waals surface area contributed by atoms with Crippen molar-refractivity contribution >= 4 is 17.9 Å². The van der Waals surface area contributed by atoms with Crippen LogP contribution in [0.15, 0.2) is 0 Å². The summed E-state index contributed by atoms with van der Waals surface area (Å²) in [6.45, 7) is 29.2. The maximum atomic E-state index is 14.5. The van der Waals surface area contributed by atoms with Gasteiger partial charge in [0, 0.05) is 19.6 Å². The molecule has 0 aromatic rings. The molecule has 3 unspecified atom stereocenters. The quantitative estimate of drug-likeness (QED) is 0.0336. The fraction of sp³-hybridized carbons (Fsp3) is 0.963. The molecule has 0 aromatic carbocycles. The van der Waals surface area contributed by atoms with Gasteiger partial charge in [-0.15, -0.1) is 0 Å². The summed E-state index contributed by atoms with van der Waals surface area (Å²) >= 11 is 0. The first-order valence-electron chi connectivity index (χ1n) is 40.8. The van der Waals surface area contributed by atoms with Crippen LogP contribution >= 0.6 is 0 Å². The van der Waals surface area contributed by atoms with Gasteiger partial charge < -0.3 is 28.9 Å². The van der Waals surface area contributed by atoms with Crippen LogP contribution in [0.3, 0.4) is 0 Å². The van der Waals surface area contributed by atoms with Gasteiger partial charge in [0.15, 0.2) is 0 Å². The molecule has 534 valence electrons. The van der Waals surface area contributed by atoms with Crippen molar-refractivity contribution in [1.82, 2.24) is 14.7 Å². The predicted octanol–water partition coefficient (Wildman–Crippen LogP) is 23.7. The lowest BCUT2D eigenvalue weighted by Crippen LogP contribution is -2.39. The van der Waals surface area contributed by atoms with E-state index in [4.69, 9.17) is 14.2 Å². The largest absolute Gasteiger partial charge is 0.462 e. The minimum Gasteiger partial charge on any atom is -0.462 e. The summed E-state index contributed by atoms with van der Waals surface area (Å²) in [5.74, 6) is -2.49. The Bertz CT molecular complexity index is 1300. The molecule has 0 aromatic heterocycles. The maximum Gasteiger partial charge on any atom is 0.309 e. The molecule has 0 aliphatic heterocycles. The lowest BCUT2D eigenvalue weighted by Gasteiger charge is -2.33. The predicted molar refractivity (Wildman–Crippen MR) is 390 cm³/mol. The second-order valence-corrected chi connectivity index (χ2v) is 29.3. The van der Waals surface area contributed by atoms with Crippen molar-refractivity contribution in [3.8, 4) is 0 Å². The molecule has 1 aliphatic rings. The summed E-state index contributed by atoms with van der Waals surface area (Å²) < 4.78 is 19.1. The van der Waals surface area contributed by atoms with Crippen LogP contribution in [-0.2, 0) is 28.6 Å². The molecule has 9 heteroatoms. The third-order valence-electron chi connectivity index (χ3n) is 20.2. The SMILES string of the molecule is CCCCCCCCCCN(CCCCCCCCCC)CCC(C)OC(=O)C1CC(C(=O)OC(C)CCN(CCCCCCCCCC)CCCCCCCCCC)CC(C(=O)OC(C)CCN(CCCCCCCCCC)CCCCCCCCCC)C1. The average molecular weight is 1270 g/mol. The number of ether oxygens (including phenoxy) is 3. The molecule has 0 radical (unpaired) electrons. The molecule has 0 amide bonds. The summed E-state index contributed by atoms with van der Waals surface area (Å²) in [6.07, 6.45) is 65.9. The Hall–Kier alpha value is -1.71. The van der Waals surface area contributed by atoms with Gasteiger partial charge in [-0.3, -0.25) is 14.4 Å². The van der Waals surface area contributed by atoms with E-state index in [9.17, 15) is 14.4 Å². The van der Waals surface area contributed by atoms with Gasteiger partial charge in [-0.1, -0.05) is 311 Å². The Kier molecular flexibility index (Phi) is 62.0. The van der Waals surface area contributed by atoms with Crippen LogP contribution in [0.25, 0.3) is 0 Å². The number of rotatable bonds is 69. The van der Waals surface area contributed by atoms with Crippen molar-refractivity contribution in [2.75, 3.05) is 58.9 Å². The number of carbonyl (C=O) groups is 3. The van der Waals surface area contributed by atoms with Crippen LogP contribution in [0, 0.1) is 17.8 Å². The summed E-state index contributed by atoms with van der Waals surface area (Å²) in [4.78, 5) is 51.3. The molecule has 1 fully saturated rings. The second kappa shape index (κ2) is 64.6. The third-order valence-corrected chi connectivity index (χ3v) is 20.2. The standard InChI is InChI=1S/C81H159N3O6/c1-10-16-22-28-34-40-46-52-61-82(62-53-47-41-35-29-23-17-11-2)67-58-73(7)88-79(85)76-70-77(80(86)89-74(8)59-68-83(63-54-48-42-36-30-24-18-12-3)64-55-49-43-37-31-25-19-13-4)72-78(71-76)81(87)90-75(9)60-69-84(65-56-50-44-38-32-26-20-14-5)66-57-51-45-39-33-27-21-15-6/h73-78H,10-72H2,1-9H3. The monoisotopic (exact) mass is 1270 g/mol. The van der Waals surface area contributed by atoms with Crippen LogP contribution in [-0.4, -0.2) is 110 Å². The number of unbranched alkanes of at least 4 members (excludes halogenated alkanes) is 42. The normalized spacial score (nSPS) is 16.3. The average Bonchev–Trinajstić information content (AvgIpc) is 3.05. The topological polar surface area (TPSA) is 88.6 Å². The Morgan fingerprint density at radius 3 is 0.544 bits per heavy atom. The van der Waals surface area contributed by atoms with Crippen LogP contribution in [0.5, 0.6) is 0 Å². The Morgan fingerprint density at radius 2 is 0.389 bits per heavy atom. The number of hydrogen-bond donors (Lipinski definition) is 0. The highest BCUT2D eigenvalue weighted by molar-refractivity contribution is 5.80. The van der Waals surface area contributed by atoms with E-state index in [0.717, 1.165) is 78.2 Å². The van der Waals surface area contributed by atoms with Gasteiger partial charge >= 0.3 is 17.9 Å². The number of nitrogens with zero attached hydrogens (tertiary/aromatic N) is 3. The van der Waals surface area contributed by atoms with Crippen molar-refractivity contribution in [3.05, 3.63) is 0 Å². The van der Waals surface area contributed by atoms with E-state index in [2.05, 4.69) is 56.2 Å². The highest BCUT2D eigenvalue weighted by Crippen LogP contribution is 2.37. The van der Waals surface area contributed by atoms with Crippen molar-refractivity contribution in [2.24, 2.45) is 17.8 Å². The summed E-state index contributed by atoms with van der Waals surface area (Å²) in [6, 6.07) is 0. The lowest BCUT2D eigenvalue weighted by atomic mass is 9.75. The van der Waals surface area contributed by atoms with Gasteiger partial charge in [0.1, 0.15) is 18.3 Å². The van der Waals surface area contributed by atoms with Gasteiger partial charge in [0.05, 0.1) is 17.8 Å². The summed E-state index contributed by atoms with van der Waals surface area (Å²) in [5, 5.41) is 0. The first-order valence-corrected chi connectivity index (χ1v) is 40.8. The molecule has 90 heavy (non-hydrogen) atoms. The van der Waals surface area contributed by atoms with Crippen molar-refractivity contribution in [2.45, 2.75) is 427 Å². The Balaban J connectivity index is 3.20. The number of esters is 3. The molecule has 0 bridgehead atoms. The van der Waals surface area contributed by atoms with E-state index in [1.807, 2.05) is 20.8 Å². The van der Waals surface area contributed by atoms with Crippen LogP contribution in [0.4, 0.5) is 0 Å². The van der Waals surface area contributed by atoms with Gasteiger partial charge in [0.2, 0.25) is 0 Å². The van der Waals surface area contributed by atoms with Crippen LogP contribution in [0.2, 0.25) is 0 Å². The van der Waals surface area contributed by atoms with Gasteiger partial charge in [-0.05, 0) is 137 Å². The molecule has 0 saturated heterocycles. The molecule has 1 aliphatic carbocycles. The first kappa shape index (κ1) is 86.3. The fourth-order valence-corrected chi connectivity index (χ4v) is 13.9. The first-order chi connectivity index (χ1) is 44.0. The third kappa shape index (κ3) is 52.6. The zero-order valence-electron chi connectivity index (χ0n) is 62.3. The Labute approximate surface area is 562 Å². The van der Waals surface area contributed by atoms with Crippen molar-refractivity contribution < 1.29 is 28.6 Å². The minimum absolute atomic E-state index is 0.256. The molecule has 1 rings (SSSR count). The summed E-state index contributed by atoms with van der Waals surface area (Å²) in [7, 11) is 0. The van der Waals surface area contributed by atoms with Crippen molar-refractivity contribution in [1.29, 1.82) is 0 Å². The zero-order valence-corrected chi connectivity index (χ0v) is 62.3. The van der Waals surface area contributed by atoms with Crippen LogP contribution in [0.1, 0.15) is 409 Å². The number of hydrogen-bond acceptors (Lipinski definition) is 9. The molecule has 0 spiro atoms. The van der Waals surface area contributed by atoms with E-state index in [0.29, 0.717) is 19.3 Å². The smallest absolute Gasteiger partial charge is 0.309 e. The molecule has 3 atom stereocenters. The fourth-order valence-electron chi connectivity index (χ4n) is 13.9. The van der Waals surface area contributed by atoms with E-state index < -0.39 is 17.8 Å². The van der Waals surface area contributed by atoms with Gasteiger partial charge in [-0.25, -0.2) is 0 Å². The van der Waals surface area contributed by atoms with Crippen molar-refractivity contribution in [3.63, 3.8) is 0 Å². The lowest BCUT2D eigenvalue weighted by molar-refractivity contribution is -0.166. The second-order valence-electron chi connectivity index (χ2n) is 29.3. The van der Waals surface area contributed by atoms with E-state index in [1.165, 1.54) is 308 Å². The number of carbonyl (C=O) groups excluding carboxylic acids is 3. The molecular weight excluding hydrogens is 1110 g/mol. The van der Waals surface area contributed by atoms with E-state index >= 15 is 0 Å². The zero-order chi connectivity index (χ0) is 65.6. The van der Waals surface area contributed by atoms with Crippen LogP contribution < -0.4 is 0 Å². The molecule has 9 nitrogen and oxygen atoms in total. The minimum atomic E-state index is -0.560. The van der Waals surface area contributed by atoms with E-state index in [-0.39, 0.29) is 36.2 Å².